The first kappa shape index (κ1) is 13.2. The van der Waals surface area contributed by atoms with E-state index in [4.69, 9.17) is 9.47 Å². The Balaban J connectivity index is 1.75. The fourth-order valence-electron chi connectivity index (χ4n) is 6.86. The molecule has 1 aromatic carbocycles. The van der Waals surface area contributed by atoms with Crippen LogP contribution in [-0.4, -0.2) is 47.1 Å². The highest BCUT2D eigenvalue weighted by molar-refractivity contribution is 5.61. The van der Waals surface area contributed by atoms with Crippen LogP contribution in [-0.2, 0) is 16.6 Å². The predicted octanol–water partition coefficient (Wildman–Crippen LogP) is 1.75. The van der Waals surface area contributed by atoms with Gasteiger partial charge in [-0.25, -0.2) is 0 Å². The molecule has 3 fully saturated rings. The Morgan fingerprint density at radius 2 is 2.22 bits per heavy atom. The van der Waals surface area contributed by atoms with Crippen molar-refractivity contribution in [1.29, 1.82) is 0 Å². The minimum Gasteiger partial charge on any atom is -0.486 e. The van der Waals surface area contributed by atoms with Gasteiger partial charge in [0, 0.05) is 18.2 Å². The maximum atomic E-state index is 10.8. The van der Waals surface area contributed by atoms with Gasteiger partial charge in [-0.05, 0) is 43.2 Å². The van der Waals surface area contributed by atoms with Crippen molar-refractivity contribution in [3.05, 3.63) is 28.8 Å². The summed E-state index contributed by atoms with van der Waals surface area (Å²) in [5, 5.41) is 10.8. The highest BCUT2D eigenvalue weighted by atomic mass is 16.5. The van der Waals surface area contributed by atoms with Gasteiger partial charge in [0.05, 0.1) is 17.1 Å². The summed E-state index contributed by atoms with van der Waals surface area (Å²) < 4.78 is 13.1. The van der Waals surface area contributed by atoms with E-state index < -0.39 is 6.10 Å². The lowest BCUT2D eigenvalue weighted by molar-refractivity contribution is -0.184. The number of rotatable bonds is 0. The average molecular weight is 313 g/mol. The molecule has 1 N–H and O–H groups in total. The van der Waals surface area contributed by atoms with Gasteiger partial charge in [0.2, 0.25) is 0 Å². The molecular weight excluding hydrogens is 290 g/mol. The van der Waals surface area contributed by atoms with Crippen molar-refractivity contribution in [1.82, 2.24) is 4.90 Å². The molecule has 4 heteroatoms. The Labute approximate surface area is 136 Å². The Morgan fingerprint density at radius 3 is 3.09 bits per heavy atom. The number of aryl methyl sites for hydroxylation is 1. The van der Waals surface area contributed by atoms with Crippen LogP contribution in [0.25, 0.3) is 0 Å². The number of ether oxygens (including phenoxy) is 2. The van der Waals surface area contributed by atoms with Crippen LogP contribution >= 0.6 is 0 Å². The van der Waals surface area contributed by atoms with Gasteiger partial charge in [0.1, 0.15) is 18.6 Å². The van der Waals surface area contributed by atoms with E-state index in [1.54, 1.807) is 0 Å². The van der Waals surface area contributed by atoms with Gasteiger partial charge in [-0.2, -0.15) is 0 Å². The molecule has 122 valence electrons. The fourth-order valence-corrected chi connectivity index (χ4v) is 6.86. The first-order valence-electron chi connectivity index (χ1n) is 8.95. The zero-order valence-electron chi connectivity index (χ0n) is 13.7. The summed E-state index contributed by atoms with van der Waals surface area (Å²) in [6, 6.07) is 4.92. The highest BCUT2D eigenvalue weighted by Crippen LogP contribution is 2.68. The maximum absolute atomic E-state index is 10.8. The number of aliphatic hydroxyl groups excluding tert-OH is 1. The number of aliphatic hydroxyl groups is 1. The van der Waals surface area contributed by atoms with Crippen LogP contribution in [0, 0.1) is 12.8 Å². The zero-order valence-corrected chi connectivity index (χ0v) is 13.7. The number of benzene rings is 1. The molecule has 5 aliphatic rings. The van der Waals surface area contributed by atoms with E-state index in [1.165, 1.54) is 16.7 Å². The SMILES string of the molecule is Cc1ccc2c3c1O[C@H]1[C@@H](O)CC[C@]45OCN(CC(C)[C@]314)[C@@H]5C2. The molecular formula is C19H23NO3. The number of hydrogen-bond acceptors (Lipinski definition) is 4. The molecule has 0 radical (unpaired) electrons. The first-order valence-corrected chi connectivity index (χ1v) is 8.95. The van der Waals surface area contributed by atoms with Crippen LogP contribution in [0.4, 0.5) is 0 Å². The minimum atomic E-state index is -0.391. The van der Waals surface area contributed by atoms with E-state index >= 15 is 0 Å². The molecule has 2 aliphatic carbocycles. The lowest BCUT2D eigenvalue weighted by atomic mass is 9.46. The van der Waals surface area contributed by atoms with Crippen LogP contribution in [0.1, 0.15) is 36.5 Å². The van der Waals surface area contributed by atoms with Gasteiger partial charge in [-0.15, -0.1) is 0 Å². The second-order valence-electron chi connectivity index (χ2n) is 8.31. The summed E-state index contributed by atoms with van der Waals surface area (Å²) in [6.45, 7) is 6.26. The molecule has 0 amide bonds. The Kier molecular flexibility index (Phi) is 2.16. The quantitative estimate of drug-likeness (QED) is 0.792. The van der Waals surface area contributed by atoms with Crippen LogP contribution in [0.2, 0.25) is 0 Å². The van der Waals surface area contributed by atoms with Crippen molar-refractivity contribution in [2.24, 2.45) is 5.92 Å². The van der Waals surface area contributed by atoms with Gasteiger partial charge in [0.25, 0.3) is 0 Å². The number of nitrogens with zero attached hydrogens (tertiary/aromatic N) is 1. The first-order chi connectivity index (χ1) is 11.1. The third-order valence-corrected chi connectivity index (χ3v) is 7.58. The average Bonchev–Trinajstić information content (AvgIpc) is 3.03. The number of piperidine rings is 1. The fraction of sp³-hybridized carbons (Fsp3) is 0.684. The Morgan fingerprint density at radius 1 is 1.35 bits per heavy atom. The summed E-state index contributed by atoms with van der Waals surface area (Å²) in [6.07, 6.45) is 2.25. The van der Waals surface area contributed by atoms with Crippen molar-refractivity contribution >= 4 is 0 Å². The van der Waals surface area contributed by atoms with Crippen LogP contribution in [0.5, 0.6) is 5.75 Å². The Bertz CT molecular complexity index is 734. The van der Waals surface area contributed by atoms with Crippen LogP contribution in [0.3, 0.4) is 0 Å². The van der Waals surface area contributed by atoms with Crippen LogP contribution in [0.15, 0.2) is 12.1 Å². The Hall–Kier alpha value is -1.10. The van der Waals surface area contributed by atoms with E-state index in [-0.39, 0.29) is 17.1 Å². The maximum Gasteiger partial charge on any atom is 0.137 e. The van der Waals surface area contributed by atoms with Gasteiger partial charge < -0.3 is 14.6 Å². The third-order valence-electron chi connectivity index (χ3n) is 7.58. The lowest BCUT2D eigenvalue weighted by Gasteiger charge is -2.63. The molecule has 4 nitrogen and oxygen atoms in total. The zero-order chi connectivity index (χ0) is 15.6. The van der Waals surface area contributed by atoms with Crippen LogP contribution < -0.4 is 4.74 Å². The van der Waals surface area contributed by atoms with Crippen molar-refractivity contribution in [2.45, 2.75) is 62.4 Å². The van der Waals surface area contributed by atoms with E-state index in [0.717, 1.165) is 38.3 Å². The smallest absolute Gasteiger partial charge is 0.137 e. The van der Waals surface area contributed by atoms with Gasteiger partial charge in [-0.1, -0.05) is 19.1 Å². The molecule has 2 spiro atoms. The van der Waals surface area contributed by atoms with E-state index in [1.807, 2.05) is 0 Å². The lowest BCUT2D eigenvalue weighted by Crippen LogP contribution is -2.76. The molecule has 6 rings (SSSR count). The van der Waals surface area contributed by atoms with Gasteiger partial charge in [0.15, 0.2) is 0 Å². The largest absolute Gasteiger partial charge is 0.486 e. The minimum absolute atomic E-state index is 0.149. The number of hydrogen-bond donors (Lipinski definition) is 1. The molecule has 2 saturated heterocycles. The third kappa shape index (κ3) is 1.14. The van der Waals surface area contributed by atoms with Crippen molar-refractivity contribution < 1.29 is 14.6 Å². The van der Waals surface area contributed by atoms with Crippen molar-refractivity contribution in [3.8, 4) is 5.75 Å². The standard InChI is InChI=1S/C19H23NO3/c1-10-3-4-12-7-14-18-6-5-13(21)17-19(18,15(12)16(10)23-17)11(2)8-20(14)9-22-18/h3-4,11,13-14,17,21H,5-9H2,1-2H3/t11?,13-,14+,17-,18+,19-/m0/s1. The summed E-state index contributed by atoms with van der Waals surface area (Å²) in [5.74, 6) is 1.48. The topological polar surface area (TPSA) is 41.9 Å². The van der Waals surface area contributed by atoms with Gasteiger partial charge >= 0.3 is 0 Å². The molecule has 3 aliphatic heterocycles. The molecule has 1 aromatic rings. The molecule has 2 unspecified atom stereocenters. The molecule has 23 heavy (non-hydrogen) atoms. The summed E-state index contributed by atoms with van der Waals surface area (Å²) in [7, 11) is 0. The van der Waals surface area contributed by atoms with Crippen molar-refractivity contribution in [2.75, 3.05) is 13.3 Å². The molecule has 0 aromatic heterocycles. The van der Waals surface area contributed by atoms with E-state index in [2.05, 4.69) is 30.9 Å². The summed E-state index contributed by atoms with van der Waals surface area (Å²) >= 11 is 0. The van der Waals surface area contributed by atoms with Gasteiger partial charge in [-0.3, -0.25) is 4.90 Å². The molecule has 1 saturated carbocycles. The monoisotopic (exact) mass is 313 g/mol. The predicted molar refractivity (Wildman–Crippen MR) is 84.6 cm³/mol. The summed E-state index contributed by atoms with van der Waals surface area (Å²) in [4.78, 5) is 2.53. The molecule has 3 heterocycles. The van der Waals surface area contributed by atoms with Crippen molar-refractivity contribution in [3.63, 3.8) is 0 Å². The second-order valence-corrected chi connectivity index (χ2v) is 8.31. The van der Waals surface area contributed by atoms with E-state index in [0.29, 0.717) is 12.0 Å². The molecule has 4 bridgehead atoms. The van der Waals surface area contributed by atoms with E-state index in [9.17, 15) is 5.11 Å². The highest BCUT2D eigenvalue weighted by Gasteiger charge is 2.77. The second kappa shape index (κ2) is 3.76. The molecule has 7 atom stereocenters. The summed E-state index contributed by atoms with van der Waals surface area (Å²) in [5.41, 5.74) is 3.66. The normalized spacial score (nSPS) is 51.3.